The van der Waals surface area contributed by atoms with Crippen LogP contribution in [-0.2, 0) is 4.79 Å². The highest BCUT2D eigenvalue weighted by Gasteiger charge is 2.23. The van der Waals surface area contributed by atoms with Crippen LogP contribution in [0.5, 0.6) is 0 Å². The van der Waals surface area contributed by atoms with Gasteiger partial charge in [0.25, 0.3) is 5.91 Å². The van der Waals surface area contributed by atoms with Gasteiger partial charge in [0.05, 0.1) is 17.5 Å². The van der Waals surface area contributed by atoms with Crippen LogP contribution >= 0.6 is 0 Å². The minimum Gasteiger partial charge on any atom is -0.267 e. The summed E-state index contributed by atoms with van der Waals surface area (Å²) in [5, 5.41) is 5.44. The van der Waals surface area contributed by atoms with Crippen LogP contribution in [0.4, 0.5) is 10.1 Å². The number of amides is 1. The van der Waals surface area contributed by atoms with E-state index in [1.54, 1.807) is 18.2 Å². The Balaban J connectivity index is 1.86. The lowest BCUT2D eigenvalue weighted by Gasteiger charge is -2.11. The van der Waals surface area contributed by atoms with Crippen molar-refractivity contribution < 1.29 is 9.18 Å². The van der Waals surface area contributed by atoms with Crippen molar-refractivity contribution >= 4 is 23.9 Å². The third-order valence-corrected chi connectivity index (χ3v) is 2.94. The number of anilines is 1. The van der Waals surface area contributed by atoms with E-state index < -0.39 is 0 Å². The van der Waals surface area contributed by atoms with E-state index in [4.69, 9.17) is 0 Å². The minimum atomic E-state index is -0.301. The highest BCUT2D eigenvalue weighted by molar-refractivity contribution is 6.25. The fraction of sp³-hybridized carbons (Fsp3) is 0. The second-order valence-corrected chi connectivity index (χ2v) is 4.35. The first-order chi connectivity index (χ1) is 9.74. The maximum absolute atomic E-state index is 12.8. The molecule has 20 heavy (non-hydrogen) atoms. The molecule has 0 aromatic heterocycles. The molecule has 0 atom stereocenters. The summed E-state index contributed by atoms with van der Waals surface area (Å²) in [5.74, 6) is -0.495. The van der Waals surface area contributed by atoms with Crippen LogP contribution in [-0.4, -0.2) is 12.1 Å². The summed E-state index contributed by atoms with van der Waals surface area (Å²) in [6.45, 7) is 0. The summed E-state index contributed by atoms with van der Waals surface area (Å²) in [4.78, 5) is 12.2. The van der Waals surface area contributed by atoms with E-state index in [1.165, 1.54) is 23.4 Å². The van der Waals surface area contributed by atoms with Crippen molar-refractivity contribution in [2.45, 2.75) is 0 Å². The van der Waals surface area contributed by atoms with Crippen molar-refractivity contribution in [3.63, 3.8) is 0 Å². The molecular weight excluding hydrogens is 255 g/mol. The fourth-order valence-electron chi connectivity index (χ4n) is 1.94. The molecule has 0 saturated carbocycles. The van der Waals surface area contributed by atoms with Crippen LogP contribution < -0.4 is 5.01 Å². The standard InChI is InChI=1S/C16H11FN2O/c17-14-8-6-12(7-9-14)10-13-11-18-19(16(13)20)15-4-2-1-3-5-15/h1-11H/b13-10+. The van der Waals surface area contributed by atoms with E-state index in [1.807, 2.05) is 30.3 Å². The molecule has 0 bridgehead atoms. The third kappa shape index (κ3) is 2.36. The van der Waals surface area contributed by atoms with Gasteiger partial charge in [-0.1, -0.05) is 30.3 Å². The number of benzene rings is 2. The Kier molecular flexibility index (Phi) is 3.13. The molecule has 1 aliphatic heterocycles. The molecule has 0 unspecified atom stereocenters. The van der Waals surface area contributed by atoms with Crippen molar-refractivity contribution in [1.82, 2.24) is 0 Å². The normalized spacial score (nSPS) is 16.1. The molecule has 2 aromatic rings. The Labute approximate surface area is 115 Å². The molecular formula is C16H11FN2O. The highest BCUT2D eigenvalue weighted by atomic mass is 19.1. The van der Waals surface area contributed by atoms with Gasteiger partial charge in [-0.15, -0.1) is 0 Å². The Bertz CT molecular complexity index is 690. The number of rotatable bonds is 2. The van der Waals surface area contributed by atoms with Crippen LogP contribution in [0.25, 0.3) is 6.08 Å². The van der Waals surface area contributed by atoms with Gasteiger partial charge < -0.3 is 0 Å². The first kappa shape index (κ1) is 12.3. The van der Waals surface area contributed by atoms with Gasteiger partial charge in [0.2, 0.25) is 0 Å². The van der Waals surface area contributed by atoms with Crippen molar-refractivity contribution in [3.05, 3.63) is 71.6 Å². The lowest BCUT2D eigenvalue weighted by molar-refractivity contribution is -0.114. The molecule has 0 N–H and O–H groups in total. The highest BCUT2D eigenvalue weighted by Crippen LogP contribution is 2.21. The number of hydrogen-bond donors (Lipinski definition) is 0. The second-order valence-electron chi connectivity index (χ2n) is 4.35. The number of carbonyl (C=O) groups is 1. The van der Waals surface area contributed by atoms with Crippen LogP contribution in [0.15, 0.2) is 65.3 Å². The van der Waals surface area contributed by atoms with Gasteiger partial charge in [0.15, 0.2) is 0 Å². The molecule has 1 heterocycles. The monoisotopic (exact) mass is 266 g/mol. The largest absolute Gasteiger partial charge is 0.280 e. The predicted molar refractivity (Wildman–Crippen MR) is 76.8 cm³/mol. The fourth-order valence-corrected chi connectivity index (χ4v) is 1.94. The number of nitrogens with zero attached hydrogens (tertiary/aromatic N) is 2. The van der Waals surface area contributed by atoms with Gasteiger partial charge in [-0.2, -0.15) is 10.1 Å². The SMILES string of the molecule is O=C1/C(=C/c2ccc(F)cc2)C=NN1c1ccccc1. The van der Waals surface area contributed by atoms with E-state index in [0.29, 0.717) is 5.57 Å². The average molecular weight is 266 g/mol. The first-order valence-electron chi connectivity index (χ1n) is 6.15. The van der Waals surface area contributed by atoms with E-state index in [2.05, 4.69) is 5.10 Å². The summed E-state index contributed by atoms with van der Waals surface area (Å²) in [6, 6.07) is 15.2. The van der Waals surface area contributed by atoms with Crippen LogP contribution in [0.1, 0.15) is 5.56 Å². The number of para-hydroxylation sites is 1. The Morgan fingerprint density at radius 1 is 1.00 bits per heavy atom. The van der Waals surface area contributed by atoms with Gasteiger partial charge in [-0.25, -0.2) is 4.39 Å². The summed E-state index contributed by atoms with van der Waals surface area (Å²) >= 11 is 0. The molecule has 3 nitrogen and oxygen atoms in total. The van der Waals surface area contributed by atoms with Gasteiger partial charge in [-0.05, 0) is 35.9 Å². The number of hydrogen-bond acceptors (Lipinski definition) is 2. The Morgan fingerprint density at radius 2 is 1.70 bits per heavy atom. The van der Waals surface area contributed by atoms with Crippen LogP contribution in [0.3, 0.4) is 0 Å². The summed E-state index contributed by atoms with van der Waals surface area (Å²) in [6.07, 6.45) is 3.20. The van der Waals surface area contributed by atoms with Crippen molar-refractivity contribution in [1.29, 1.82) is 0 Å². The molecule has 0 aliphatic carbocycles. The van der Waals surface area contributed by atoms with Gasteiger partial charge >= 0.3 is 0 Å². The molecule has 0 fully saturated rings. The smallest absolute Gasteiger partial charge is 0.267 e. The quantitative estimate of drug-likeness (QED) is 0.768. The molecule has 0 radical (unpaired) electrons. The molecule has 98 valence electrons. The van der Waals surface area contributed by atoms with Gasteiger partial charge in [-0.3, -0.25) is 4.79 Å². The van der Waals surface area contributed by atoms with E-state index in [9.17, 15) is 9.18 Å². The number of hydrazone groups is 1. The van der Waals surface area contributed by atoms with Crippen LogP contribution in [0.2, 0.25) is 0 Å². The van der Waals surface area contributed by atoms with Gasteiger partial charge in [0.1, 0.15) is 5.82 Å². The first-order valence-corrected chi connectivity index (χ1v) is 6.15. The number of carbonyl (C=O) groups excluding carboxylic acids is 1. The molecule has 1 aliphatic rings. The van der Waals surface area contributed by atoms with Gasteiger partial charge in [0, 0.05) is 0 Å². The molecule has 0 spiro atoms. The van der Waals surface area contributed by atoms with Crippen LogP contribution in [0, 0.1) is 5.82 Å². The molecule has 2 aromatic carbocycles. The number of halogens is 1. The predicted octanol–water partition coefficient (Wildman–Crippen LogP) is 3.24. The van der Waals surface area contributed by atoms with Crippen molar-refractivity contribution in [2.24, 2.45) is 5.10 Å². The minimum absolute atomic E-state index is 0.194. The lowest BCUT2D eigenvalue weighted by Crippen LogP contribution is -2.20. The maximum Gasteiger partial charge on any atom is 0.280 e. The summed E-state index contributed by atoms with van der Waals surface area (Å²) in [7, 11) is 0. The maximum atomic E-state index is 12.8. The van der Waals surface area contributed by atoms with E-state index in [-0.39, 0.29) is 11.7 Å². The zero-order valence-electron chi connectivity index (χ0n) is 10.5. The van der Waals surface area contributed by atoms with Crippen molar-refractivity contribution in [3.8, 4) is 0 Å². The van der Waals surface area contributed by atoms with E-state index in [0.717, 1.165) is 11.3 Å². The lowest BCUT2D eigenvalue weighted by atomic mass is 10.1. The van der Waals surface area contributed by atoms with Crippen molar-refractivity contribution in [2.75, 3.05) is 5.01 Å². The zero-order chi connectivity index (χ0) is 13.9. The third-order valence-electron chi connectivity index (χ3n) is 2.94. The zero-order valence-corrected chi connectivity index (χ0v) is 10.5. The molecule has 3 rings (SSSR count). The second kappa shape index (κ2) is 5.09. The Morgan fingerprint density at radius 3 is 2.40 bits per heavy atom. The van der Waals surface area contributed by atoms with E-state index >= 15 is 0 Å². The molecule has 4 heteroatoms. The Hall–Kier alpha value is -2.75. The average Bonchev–Trinajstić information content (AvgIpc) is 2.84. The summed E-state index contributed by atoms with van der Waals surface area (Å²) in [5.41, 5.74) is 1.95. The molecule has 1 amide bonds. The molecule has 0 saturated heterocycles. The topological polar surface area (TPSA) is 32.7 Å². The summed E-state index contributed by atoms with van der Waals surface area (Å²) < 4.78 is 12.8.